The third-order valence-corrected chi connectivity index (χ3v) is 4.36. The van der Waals surface area contributed by atoms with Crippen LogP contribution in [0, 0.1) is 0 Å². The van der Waals surface area contributed by atoms with Crippen LogP contribution in [0.3, 0.4) is 0 Å². The molecule has 0 fully saturated rings. The molecule has 90 valence electrons. The Morgan fingerprint density at radius 2 is 1.89 bits per heavy atom. The van der Waals surface area contributed by atoms with Crippen LogP contribution >= 0.6 is 27.7 Å². The molecular weight excluding hydrogens is 310 g/mol. The molecule has 0 saturated heterocycles. The fraction of sp³-hybridized carbons (Fsp3) is 0.0769. The first kappa shape index (κ1) is 11.7. The SMILES string of the molecule is Brc1ccccc1CSc1nnc2ccccn12. The Balaban J connectivity index is 1.83. The largest absolute Gasteiger partial charge is 0.277 e. The second kappa shape index (κ2) is 5.12. The lowest BCUT2D eigenvalue weighted by Crippen LogP contribution is -1.88. The summed E-state index contributed by atoms with van der Waals surface area (Å²) >= 11 is 5.24. The van der Waals surface area contributed by atoms with Gasteiger partial charge in [-0.15, -0.1) is 10.2 Å². The van der Waals surface area contributed by atoms with Crippen LogP contribution < -0.4 is 0 Å². The van der Waals surface area contributed by atoms with E-state index in [1.807, 2.05) is 40.9 Å². The lowest BCUT2D eigenvalue weighted by atomic mass is 10.2. The number of halogens is 1. The fourth-order valence-corrected chi connectivity index (χ4v) is 3.21. The molecule has 0 aliphatic carbocycles. The molecule has 2 heterocycles. The average Bonchev–Trinajstić information content (AvgIpc) is 2.81. The zero-order chi connectivity index (χ0) is 12.4. The fourth-order valence-electron chi connectivity index (χ4n) is 1.68. The van der Waals surface area contributed by atoms with Crippen molar-refractivity contribution in [2.24, 2.45) is 0 Å². The second-order valence-corrected chi connectivity index (χ2v) is 5.59. The van der Waals surface area contributed by atoms with Crippen LogP contribution in [0.4, 0.5) is 0 Å². The summed E-state index contributed by atoms with van der Waals surface area (Å²) in [5, 5.41) is 9.25. The van der Waals surface area contributed by atoms with Crippen molar-refractivity contribution in [2.45, 2.75) is 10.9 Å². The van der Waals surface area contributed by atoms with E-state index in [9.17, 15) is 0 Å². The van der Waals surface area contributed by atoms with E-state index >= 15 is 0 Å². The quantitative estimate of drug-likeness (QED) is 0.688. The van der Waals surface area contributed by atoms with E-state index in [0.29, 0.717) is 0 Å². The van der Waals surface area contributed by atoms with Crippen molar-refractivity contribution >= 4 is 33.3 Å². The van der Waals surface area contributed by atoms with Crippen molar-refractivity contribution in [1.29, 1.82) is 0 Å². The van der Waals surface area contributed by atoms with Crippen molar-refractivity contribution in [3.8, 4) is 0 Å². The van der Waals surface area contributed by atoms with Crippen molar-refractivity contribution < 1.29 is 0 Å². The van der Waals surface area contributed by atoms with Gasteiger partial charge in [0.1, 0.15) is 0 Å². The van der Waals surface area contributed by atoms with E-state index in [1.54, 1.807) is 11.8 Å². The molecule has 0 bridgehead atoms. The predicted octanol–water partition coefficient (Wildman–Crippen LogP) is 3.78. The van der Waals surface area contributed by atoms with E-state index in [4.69, 9.17) is 0 Å². The lowest BCUT2D eigenvalue weighted by Gasteiger charge is -2.02. The number of hydrogen-bond acceptors (Lipinski definition) is 3. The number of aromatic nitrogens is 3. The van der Waals surface area contributed by atoms with Crippen molar-refractivity contribution in [1.82, 2.24) is 14.6 Å². The molecule has 0 N–H and O–H groups in total. The standard InChI is InChI=1S/C13H10BrN3S/c14-11-6-2-1-5-10(11)9-18-13-16-15-12-7-3-4-8-17(12)13/h1-8H,9H2. The molecule has 3 aromatic rings. The lowest BCUT2D eigenvalue weighted by molar-refractivity contribution is 0.921. The summed E-state index contributed by atoms with van der Waals surface area (Å²) < 4.78 is 3.13. The Kier molecular flexibility index (Phi) is 3.34. The monoisotopic (exact) mass is 319 g/mol. The Morgan fingerprint density at radius 1 is 1.06 bits per heavy atom. The van der Waals surface area contributed by atoms with Gasteiger partial charge in [-0.2, -0.15) is 0 Å². The maximum absolute atomic E-state index is 4.20. The van der Waals surface area contributed by atoms with Gasteiger partial charge in [0.2, 0.25) is 0 Å². The zero-order valence-electron chi connectivity index (χ0n) is 9.45. The molecular formula is C13H10BrN3S. The van der Waals surface area contributed by atoms with Gasteiger partial charge in [0, 0.05) is 16.4 Å². The van der Waals surface area contributed by atoms with Gasteiger partial charge in [-0.3, -0.25) is 4.40 Å². The van der Waals surface area contributed by atoms with Crippen LogP contribution in [0.1, 0.15) is 5.56 Å². The van der Waals surface area contributed by atoms with Gasteiger partial charge in [-0.05, 0) is 23.8 Å². The van der Waals surface area contributed by atoms with Crippen molar-refractivity contribution in [3.63, 3.8) is 0 Å². The van der Waals surface area contributed by atoms with Crippen LogP contribution in [0.25, 0.3) is 5.65 Å². The molecule has 0 unspecified atom stereocenters. The minimum absolute atomic E-state index is 0.872. The Hall–Kier alpha value is -1.33. The predicted molar refractivity (Wildman–Crippen MR) is 76.7 cm³/mol. The summed E-state index contributed by atoms with van der Waals surface area (Å²) in [5.41, 5.74) is 2.14. The smallest absolute Gasteiger partial charge is 0.195 e. The first-order valence-electron chi connectivity index (χ1n) is 5.50. The molecule has 0 aliphatic rings. The number of pyridine rings is 1. The highest BCUT2D eigenvalue weighted by molar-refractivity contribution is 9.10. The summed E-state index contributed by atoms with van der Waals surface area (Å²) in [6.07, 6.45) is 1.98. The highest BCUT2D eigenvalue weighted by atomic mass is 79.9. The van der Waals surface area contributed by atoms with Crippen molar-refractivity contribution in [2.75, 3.05) is 0 Å². The van der Waals surface area contributed by atoms with Gasteiger partial charge in [0.05, 0.1) is 0 Å². The van der Waals surface area contributed by atoms with Gasteiger partial charge < -0.3 is 0 Å². The summed E-state index contributed by atoms with van der Waals surface area (Å²) in [4.78, 5) is 0. The number of nitrogens with zero attached hydrogens (tertiary/aromatic N) is 3. The Labute approximate surface area is 117 Å². The third kappa shape index (κ3) is 2.28. The molecule has 2 aromatic heterocycles. The molecule has 3 nitrogen and oxygen atoms in total. The summed E-state index contributed by atoms with van der Waals surface area (Å²) in [5.74, 6) is 0.872. The molecule has 5 heteroatoms. The number of rotatable bonds is 3. The van der Waals surface area contributed by atoms with Gasteiger partial charge in [-0.1, -0.05) is 52.0 Å². The number of fused-ring (bicyclic) bond motifs is 1. The molecule has 3 rings (SSSR count). The maximum atomic E-state index is 4.20. The summed E-state index contributed by atoms with van der Waals surface area (Å²) in [6, 6.07) is 14.1. The summed E-state index contributed by atoms with van der Waals surface area (Å²) in [7, 11) is 0. The number of thioether (sulfide) groups is 1. The van der Waals surface area contributed by atoms with E-state index in [1.165, 1.54) is 5.56 Å². The molecule has 0 spiro atoms. The summed E-state index contributed by atoms with van der Waals surface area (Å²) in [6.45, 7) is 0. The van der Waals surface area contributed by atoms with Crippen LogP contribution in [-0.4, -0.2) is 14.6 Å². The Bertz CT molecular complexity index is 681. The first-order valence-corrected chi connectivity index (χ1v) is 7.28. The van der Waals surface area contributed by atoms with Crippen LogP contribution in [0.2, 0.25) is 0 Å². The van der Waals surface area contributed by atoms with Gasteiger partial charge in [0.25, 0.3) is 0 Å². The van der Waals surface area contributed by atoms with Crippen LogP contribution in [0.5, 0.6) is 0 Å². The minimum Gasteiger partial charge on any atom is -0.277 e. The van der Waals surface area contributed by atoms with Gasteiger partial charge in [-0.25, -0.2) is 0 Å². The molecule has 0 radical (unpaired) electrons. The van der Waals surface area contributed by atoms with Crippen LogP contribution in [-0.2, 0) is 5.75 Å². The average molecular weight is 320 g/mol. The molecule has 0 atom stereocenters. The topological polar surface area (TPSA) is 30.2 Å². The molecule has 18 heavy (non-hydrogen) atoms. The molecule has 0 aliphatic heterocycles. The molecule has 1 aromatic carbocycles. The number of hydrogen-bond donors (Lipinski definition) is 0. The van der Waals surface area contributed by atoms with E-state index in [0.717, 1.165) is 21.0 Å². The normalized spacial score (nSPS) is 10.9. The highest BCUT2D eigenvalue weighted by Crippen LogP contribution is 2.25. The van der Waals surface area contributed by atoms with E-state index in [2.05, 4.69) is 38.3 Å². The number of benzene rings is 1. The second-order valence-electron chi connectivity index (χ2n) is 3.79. The third-order valence-electron chi connectivity index (χ3n) is 2.60. The molecule has 0 amide bonds. The zero-order valence-corrected chi connectivity index (χ0v) is 11.9. The first-order chi connectivity index (χ1) is 8.84. The minimum atomic E-state index is 0.872. The Morgan fingerprint density at radius 3 is 2.78 bits per heavy atom. The highest BCUT2D eigenvalue weighted by Gasteiger charge is 2.06. The van der Waals surface area contributed by atoms with E-state index in [-0.39, 0.29) is 0 Å². The van der Waals surface area contributed by atoms with Crippen molar-refractivity contribution in [3.05, 3.63) is 58.7 Å². The van der Waals surface area contributed by atoms with Gasteiger partial charge >= 0.3 is 0 Å². The maximum Gasteiger partial charge on any atom is 0.195 e. The van der Waals surface area contributed by atoms with Crippen LogP contribution in [0.15, 0.2) is 58.3 Å². The van der Waals surface area contributed by atoms with Gasteiger partial charge in [0.15, 0.2) is 10.8 Å². The molecule has 0 saturated carbocycles. The van der Waals surface area contributed by atoms with E-state index < -0.39 is 0 Å².